The van der Waals surface area contributed by atoms with E-state index in [-0.39, 0.29) is 34.7 Å². The van der Waals surface area contributed by atoms with Gasteiger partial charge < -0.3 is 34.9 Å². The summed E-state index contributed by atoms with van der Waals surface area (Å²) in [6.45, 7) is 3.09. The third-order valence-corrected chi connectivity index (χ3v) is 10.5. The topological polar surface area (TPSA) is 193 Å². The lowest BCUT2D eigenvalue weighted by Gasteiger charge is -2.33. The van der Waals surface area contributed by atoms with Crippen LogP contribution in [0.3, 0.4) is 0 Å². The van der Waals surface area contributed by atoms with E-state index in [2.05, 4.69) is 10.6 Å². The largest absolute Gasteiger partial charge is 0.493 e. The van der Waals surface area contributed by atoms with Gasteiger partial charge in [0.2, 0.25) is 11.8 Å². The van der Waals surface area contributed by atoms with Crippen molar-refractivity contribution in [3.8, 4) is 11.5 Å². The third-order valence-electron chi connectivity index (χ3n) is 8.32. The van der Waals surface area contributed by atoms with E-state index in [9.17, 15) is 27.6 Å². The van der Waals surface area contributed by atoms with Gasteiger partial charge in [-0.2, -0.15) is 0 Å². The normalized spacial score (nSPS) is 16.4. The molecular formula is C34H40N4O10S. The zero-order valence-corrected chi connectivity index (χ0v) is 28.8. The zero-order valence-electron chi connectivity index (χ0n) is 28.0. The van der Waals surface area contributed by atoms with Gasteiger partial charge in [-0.25, -0.2) is 13.2 Å². The Labute approximate surface area is 284 Å². The van der Waals surface area contributed by atoms with Crippen molar-refractivity contribution in [2.45, 2.75) is 42.5 Å². The number of rotatable bonds is 12. The fourth-order valence-electron chi connectivity index (χ4n) is 5.78. The van der Waals surface area contributed by atoms with E-state index in [4.69, 9.17) is 24.7 Å². The second kappa shape index (κ2) is 15.3. The summed E-state index contributed by atoms with van der Waals surface area (Å²) in [7, 11) is 1.34. The maximum Gasteiger partial charge on any atom is 0.411 e. The second-order valence-electron chi connectivity index (χ2n) is 11.5. The van der Waals surface area contributed by atoms with Crippen LogP contribution in [0.4, 0.5) is 16.2 Å². The molecule has 1 saturated heterocycles. The highest BCUT2D eigenvalue weighted by Crippen LogP contribution is 2.44. The molecule has 1 aliphatic rings. The van der Waals surface area contributed by atoms with Gasteiger partial charge in [0.1, 0.15) is 6.04 Å². The lowest BCUT2D eigenvalue weighted by Crippen LogP contribution is -2.40. The predicted molar refractivity (Wildman–Crippen MR) is 180 cm³/mol. The summed E-state index contributed by atoms with van der Waals surface area (Å²) in [5, 5.41) is 4.87. The minimum absolute atomic E-state index is 0.0475. The highest BCUT2D eigenvalue weighted by Gasteiger charge is 2.46. The number of primary amides is 1. The number of likely N-dealkylation sites (tertiary alicyclic amines) is 1. The van der Waals surface area contributed by atoms with E-state index in [0.717, 1.165) is 0 Å². The van der Waals surface area contributed by atoms with Crippen LogP contribution in [-0.2, 0) is 28.9 Å². The summed E-state index contributed by atoms with van der Waals surface area (Å²) in [5.74, 6) is -2.07. The van der Waals surface area contributed by atoms with Gasteiger partial charge in [0.15, 0.2) is 21.3 Å². The fourth-order valence-corrected chi connectivity index (χ4v) is 7.05. The van der Waals surface area contributed by atoms with E-state index in [0.29, 0.717) is 22.7 Å². The van der Waals surface area contributed by atoms with Gasteiger partial charge >= 0.3 is 12.1 Å². The average molecular weight is 697 g/mol. The molecule has 4 rings (SSSR count). The van der Waals surface area contributed by atoms with Crippen LogP contribution in [-0.4, -0.2) is 77.4 Å². The van der Waals surface area contributed by atoms with Gasteiger partial charge in [0, 0.05) is 23.5 Å². The number of benzene rings is 3. The number of esters is 1. The average Bonchev–Trinajstić information content (AvgIpc) is 3.54. The molecule has 4 N–H and O–H groups in total. The molecule has 1 fully saturated rings. The highest BCUT2D eigenvalue weighted by molar-refractivity contribution is 7.92. The second-order valence-corrected chi connectivity index (χ2v) is 14.0. The molecule has 0 bridgehead atoms. The van der Waals surface area contributed by atoms with Gasteiger partial charge in [-0.3, -0.25) is 19.7 Å². The van der Waals surface area contributed by atoms with Crippen molar-refractivity contribution in [1.29, 1.82) is 0 Å². The molecule has 0 saturated carbocycles. The minimum atomic E-state index is -3.98. The Hall–Kier alpha value is -5.31. The molecule has 14 nitrogen and oxygen atoms in total. The van der Waals surface area contributed by atoms with Gasteiger partial charge in [0.05, 0.1) is 50.5 Å². The van der Waals surface area contributed by atoms with Crippen LogP contribution in [0, 0.1) is 5.92 Å². The quantitative estimate of drug-likeness (QED) is 0.231. The Morgan fingerprint density at radius 3 is 2.20 bits per heavy atom. The molecule has 15 heteroatoms. The standard InChI is InChI=1S/C34H40N4O10S/c1-19(2)49(43,44)28-13-11-23(37-34(42)48-6)18-25(28)30-24(33(41)47-5)14-15-38(30)32(40)29(20-10-12-26(45-3)27(17-20)46-4)36-22-9-7-8-21(16-22)31(35)39/h7-13,16-19,24,29-30,36H,14-15H2,1-6H3,(H2,35,39)(H,37,42)/t24-,29+,30+/m0/s1. The van der Waals surface area contributed by atoms with E-state index in [1.165, 1.54) is 77.5 Å². The molecule has 0 radical (unpaired) electrons. The Bertz CT molecular complexity index is 1850. The van der Waals surface area contributed by atoms with Crippen molar-refractivity contribution < 1.29 is 46.5 Å². The molecule has 1 aliphatic heterocycles. The van der Waals surface area contributed by atoms with Crippen molar-refractivity contribution >= 4 is 45.1 Å². The number of sulfone groups is 1. The Morgan fingerprint density at radius 1 is 0.878 bits per heavy atom. The van der Waals surface area contributed by atoms with Crippen LogP contribution >= 0.6 is 0 Å². The lowest BCUT2D eigenvalue weighted by atomic mass is 9.92. The molecule has 3 aromatic rings. The summed E-state index contributed by atoms with van der Waals surface area (Å²) < 4.78 is 48.2. The molecule has 49 heavy (non-hydrogen) atoms. The van der Waals surface area contributed by atoms with Gasteiger partial charge in [-0.15, -0.1) is 0 Å². The highest BCUT2D eigenvalue weighted by atomic mass is 32.2. The lowest BCUT2D eigenvalue weighted by molar-refractivity contribution is -0.147. The summed E-state index contributed by atoms with van der Waals surface area (Å²) in [4.78, 5) is 53.6. The number of ether oxygens (including phenoxy) is 4. The molecule has 3 atom stereocenters. The Morgan fingerprint density at radius 2 is 1.59 bits per heavy atom. The first kappa shape index (κ1) is 36.5. The van der Waals surface area contributed by atoms with Crippen LogP contribution in [0.2, 0.25) is 0 Å². The van der Waals surface area contributed by atoms with Crippen molar-refractivity contribution in [2.24, 2.45) is 11.7 Å². The minimum Gasteiger partial charge on any atom is -0.493 e. The summed E-state index contributed by atoms with van der Waals surface area (Å²) in [5.41, 5.74) is 6.84. The van der Waals surface area contributed by atoms with Crippen LogP contribution < -0.4 is 25.8 Å². The van der Waals surface area contributed by atoms with Crippen LogP contribution in [0.15, 0.2) is 65.6 Å². The number of anilines is 2. The molecule has 0 aliphatic carbocycles. The van der Waals surface area contributed by atoms with Crippen molar-refractivity contribution in [1.82, 2.24) is 4.90 Å². The van der Waals surface area contributed by atoms with E-state index in [1.54, 1.807) is 30.3 Å². The van der Waals surface area contributed by atoms with Gasteiger partial charge in [-0.05, 0) is 79.9 Å². The van der Waals surface area contributed by atoms with Crippen molar-refractivity contribution in [3.05, 3.63) is 77.4 Å². The van der Waals surface area contributed by atoms with E-state index >= 15 is 0 Å². The first-order valence-electron chi connectivity index (χ1n) is 15.3. The number of carbonyl (C=O) groups is 4. The van der Waals surface area contributed by atoms with Crippen molar-refractivity contribution in [3.63, 3.8) is 0 Å². The molecule has 0 unspecified atom stereocenters. The third kappa shape index (κ3) is 7.72. The molecular weight excluding hydrogens is 656 g/mol. The monoisotopic (exact) mass is 696 g/mol. The maximum absolute atomic E-state index is 14.9. The number of hydrogen-bond donors (Lipinski definition) is 3. The molecule has 3 amide bonds. The molecule has 0 spiro atoms. The smallest absolute Gasteiger partial charge is 0.411 e. The molecule has 1 heterocycles. The summed E-state index contributed by atoms with van der Waals surface area (Å²) in [6, 6.07) is 13.1. The number of nitrogens with one attached hydrogen (secondary N) is 2. The number of hydrogen-bond acceptors (Lipinski definition) is 11. The molecule has 3 aromatic carbocycles. The fraction of sp³-hybridized carbons (Fsp3) is 0.353. The van der Waals surface area contributed by atoms with Crippen LogP contribution in [0.25, 0.3) is 0 Å². The first-order valence-corrected chi connectivity index (χ1v) is 16.8. The maximum atomic E-state index is 14.9. The predicted octanol–water partition coefficient (Wildman–Crippen LogP) is 4.08. The van der Waals surface area contributed by atoms with Crippen LogP contribution in [0.5, 0.6) is 11.5 Å². The van der Waals surface area contributed by atoms with E-state index in [1.807, 2.05) is 0 Å². The number of amides is 3. The van der Waals surface area contributed by atoms with Gasteiger partial charge in [-0.1, -0.05) is 12.1 Å². The SMILES string of the molecule is COC(=O)Nc1ccc(S(=O)(=O)C(C)C)c([C@H]2[C@@H](C(=O)OC)CCN2C(=O)[C@H](Nc2cccc(C(N)=O)c2)c2ccc(OC)c(OC)c2)c1. The number of nitrogens with two attached hydrogens (primary N) is 1. The zero-order chi connectivity index (χ0) is 36.0. The van der Waals surface area contributed by atoms with E-state index < -0.39 is 57.0 Å². The number of nitrogens with zero attached hydrogens (tertiary/aromatic N) is 1. The first-order chi connectivity index (χ1) is 23.3. The number of methoxy groups -OCH3 is 4. The molecule has 262 valence electrons. The van der Waals surface area contributed by atoms with Crippen molar-refractivity contribution in [2.75, 3.05) is 45.6 Å². The Kier molecular flexibility index (Phi) is 11.4. The summed E-state index contributed by atoms with van der Waals surface area (Å²) in [6.07, 6.45) is -0.653. The molecule has 0 aromatic heterocycles. The van der Waals surface area contributed by atoms with Gasteiger partial charge in [0.25, 0.3) is 0 Å². The van der Waals surface area contributed by atoms with Crippen LogP contribution in [0.1, 0.15) is 53.8 Å². The number of carbonyl (C=O) groups excluding carboxylic acids is 4. The Balaban J connectivity index is 1.93. The summed E-state index contributed by atoms with van der Waals surface area (Å²) >= 11 is 0.